The second-order valence-electron chi connectivity index (χ2n) is 2.63. The van der Waals surface area contributed by atoms with Crippen LogP contribution in [0.15, 0.2) is 42.6 Å². The molecule has 0 aliphatic heterocycles. The summed E-state index contributed by atoms with van der Waals surface area (Å²) in [4.78, 5) is 0. The molecule has 0 amide bonds. The lowest BCUT2D eigenvalue weighted by Crippen LogP contribution is -1.85. The van der Waals surface area contributed by atoms with E-state index in [1.165, 1.54) is 6.20 Å². The summed E-state index contributed by atoms with van der Waals surface area (Å²) in [5.74, 6) is 0. The summed E-state index contributed by atoms with van der Waals surface area (Å²) >= 11 is 5.79. The van der Waals surface area contributed by atoms with Gasteiger partial charge in [0, 0.05) is 5.56 Å². The quantitative estimate of drug-likeness (QED) is 0.691. The van der Waals surface area contributed by atoms with E-state index in [1.54, 1.807) is 6.07 Å². The minimum absolute atomic E-state index is 0.605. The Morgan fingerprint density at radius 1 is 1.08 bits per heavy atom. The van der Waals surface area contributed by atoms with Gasteiger partial charge in [-0.25, -0.2) is 0 Å². The van der Waals surface area contributed by atoms with Crippen LogP contribution in [0.2, 0.25) is 5.02 Å². The number of rotatable bonds is 1. The van der Waals surface area contributed by atoms with Gasteiger partial charge in [-0.1, -0.05) is 41.9 Å². The molecule has 0 atom stereocenters. The number of hydrogen-bond donors (Lipinski definition) is 0. The predicted octanol–water partition coefficient (Wildman–Crippen LogP) is 2.80. The van der Waals surface area contributed by atoms with Crippen LogP contribution in [0.25, 0.3) is 11.3 Å². The lowest BCUT2D eigenvalue weighted by molar-refractivity contribution is 1.04. The van der Waals surface area contributed by atoms with Crippen molar-refractivity contribution >= 4 is 11.6 Å². The fourth-order valence-corrected chi connectivity index (χ4v) is 1.24. The van der Waals surface area contributed by atoms with Crippen LogP contribution < -0.4 is 0 Å². The Kier molecular flexibility index (Phi) is 2.23. The van der Waals surface area contributed by atoms with Crippen LogP contribution in [-0.4, -0.2) is 10.2 Å². The van der Waals surface area contributed by atoms with Gasteiger partial charge in [0.25, 0.3) is 0 Å². The third-order valence-corrected chi connectivity index (χ3v) is 1.90. The highest BCUT2D eigenvalue weighted by molar-refractivity contribution is 6.30. The van der Waals surface area contributed by atoms with Gasteiger partial charge in [-0.3, -0.25) is 0 Å². The van der Waals surface area contributed by atoms with Crippen molar-refractivity contribution in [3.63, 3.8) is 0 Å². The first-order valence-electron chi connectivity index (χ1n) is 3.90. The molecule has 1 heterocycles. The Hall–Kier alpha value is -1.41. The minimum atomic E-state index is 0.605. The van der Waals surface area contributed by atoms with Crippen LogP contribution in [0, 0.1) is 0 Å². The lowest BCUT2D eigenvalue weighted by Gasteiger charge is -1.98. The van der Waals surface area contributed by atoms with E-state index >= 15 is 0 Å². The van der Waals surface area contributed by atoms with Gasteiger partial charge in [0.2, 0.25) is 0 Å². The molecule has 0 fully saturated rings. The predicted molar refractivity (Wildman–Crippen MR) is 52.5 cm³/mol. The molecule has 0 unspecified atom stereocenters. The van der Waals surface area contributed by atoms with Gasteiger partial charge >= 0.3 is 0 Å². The third-order valence-electron chi connectivity index (χ3n) is 1.69. The molecule has 0 aliphatic rings. The van der Waals surface area contributed by atoms with E-state index < -0.39 is 0 Å². The summed E-state index contributed by atoms with van der Waals surface area (Å²) in [6.45, 7) is 0. The highest BCUT2D eigenvalue weighted by atomic mass is 35.5. The summed E-state index contributed by atoms with van der Waals surface area (Å²) in [6, 6.07) is 11.6. The average molecular weight is 191 g/mol. The molecule has 13 heavy (non-hydrogen) atoms. The SMILES string of the molecule is Clc1cnnc(-c2ccccc2)c1. The molecule has 0 N–H and O–H groups in total. The Morgan fingerprint density at radius 3 is 2.54 bits per heavy atom. The molecule has 2 rings (SSSR count). The molecule has 0 spiro atoms. The molecule has 64 valence electrons. The van der Waals surface area contributed by atoms with Crippen molar-refractivity contribution in [3.05, 3.63) is 47.6 Å². The van der Waals surface area contributed by atoms with E-state index in [9.17, 15) is 0 Å². The topological polar surface area (TPSA) is 25.8 Å². The van der Waals surface area contributed by atoms with Gasteiger partial charge < -0.3 is 0 Å². The Labute approximate surface area is 81.2 Å². The van der Waals surface area contributed by atoms with Crippen LogP contribution in [0.1, 0.15) is 0 Å². The normalized spacial score (nSPS) is 9.92. The Bertz CT molecular complexity index is 401. The van der Waals surface area contributed by atoms with Crippen molar-refractivity contribution in [2.24, 2.45) is 0 Å². The smallest absolute Gasteiger partial charge is 0.0944 e. The molecular formula is C10H7ClN2. The molecule has 0 aliphatic carbocycles. The zero-order valence-corrected chi connectivity index (χ0v) is 7.57. The molecular weight excluding hydrogens is 184 g/mol. The van der Waals surface area contributed by atoms with Crippen molar-refractivity contribution < 1.29 is 0 Å². The third kappa shape index (κ3) is 1.84. The number of hydrogen-bond acceptors (Lipinski definition) is 2. The highest BCUT2D eigenvalue weighted by Gasteiger charge is 1.98. The maximum Gasteiger partial charge on any atom is 0.0944 e. The van der Waals surface area contributed by atoms with Gasteiger partial charge in [-0.2, -0.15) is 10.2 Å². The first-order chi connectivity index (χ1) is 6.36. The first kappa shape index (κ1) is 8.20. The second-order valence-corrected chi connectivity index (χ2v) is 3.06. The van der Waals surface area contributed by atoms with Gasteiger partial charge in [0.05, 0.1) is 16.9 Å². The molecule has 1 aromatic carbocycles. The highest BCUT2D eigenvalue weighted by Crippen LogP contribution is 2.17. The van der Waals surface area contributed by atoms with Crippen molar-refractivity contribution in [1.29, 1.82) is 0 Å². The summed E-state index contributed by atoms with van der Waals surface area (Å²) < 4.78 is 0. The van der Waals surface area contributed by atoms with Crippen LogP contribution in [0.5, 0.6) is 0 Å². The average Bonchev–Trinajstić information content (AvgIpc) is 2.19. The monoisotopic (exact) mass is 190 g/mol. The van der Waals surface area contributed by atoms with Crippen LogP contribution in [0.3, 0.4) is 0 Å². The fraction of sp³-hybridized carbons (Fsp3) is 0. The summed E-state index contributed by atoms with van der Waals surface area (Å²) in [5.41, 5.74) is 1.82. The van der Waals surface area contributed by atoms with E-state index in [0.29, 0.717) is 5.02 Å². The largest absolute Gasteiger partial charge is 0.157 e. The van der Waals surface area contributed by atoms with Gasteiger partial charge in [-0.05, 0) is 6.07 Å². The molecule has 0 radical (unpaired) electrons. The summed E-state index contributed by atoms with van der Waals surface area (Å²) in [6.07, 6.45) is 1.52. The molecule has 2 aromatic rings. The lowest BCUT2D eigenvalue weighted by atomic mass is 10.1. The fourth-order valence-electron chi connectivity index (χ4n) is 1.09. The van der Waals surface area contributed by atoms with Crippen molar-refractivity contribution in [2.75, 3.05) is 0 Å². The van der Waals surface area contributed by atoms with E-state index in [4.69, 9.17) is 11.6 Å². The van der Waals surface area contributed by atoms with Crippen LogP contribution in [0.4, 0.5) is 0 Å². The summed E-state index contributed by atoms with van der Waals surface area (Å²) in [5, 5.41) is 8.36. The van der Waals surface area contributed by atoms with Crippen LogP contribution in [-0.2, 0) is 0 Å². The number of benzene rings is 1. The van der Waals surface area contributed by atoms with Gasteiger partial charge in [0.15, 0.2) is 0 Å². The maximum atomic E-state index is 5.79. The number of halogens is 1. The molecule has 3 heteroatoms. The van der Waals surface area contributed by atoms with Crippen molar-refractivity contribution in [1.82, 2.24) is 10.2 Å². The summed E-state index contributed by atoms with van der Waals surface area (Å²) in [7, 11) is 0. The van der Waals surface area contributed by atoms with Crippen LogP contribution >= 0.6 is 11.6 Å². The molecule has 2 nitrogen and oxygen atoms in total. The van der Waals surface area contributed by atoms with E-state index in [0.717, 1.165) is 11.3 Å². The van der Waals surface area contributed by atoms with Crippen molar-refractivity contribution in [3.8, 4) is 11.3 Å². The minimum Gasteiger partial charge on any atom is -0.157 e. The standard InChI is InChI=1S/C10H7ClN2/c11-9-6-10(13-12-7-9)8-4-2-1-3-5-8/h1-7H. The van der Waals surface area contributed by atoms with E-state index in [1.807, 2.05) is 30.3 Å². The number of aromatic nitrogens is 2. The molecule has 0 saturated heterocycles. The van der Waals surface area contributed by atoms with Gasteiger partial charge in [0.1, 0.15) is 0 Å². The number of nitrogens with zero attached hydrogens (tertiary/aromatic N) is 2. The molecule has 0 bridgehead atoms. The first-order valence-corrected chi connectivity index (χ1v) is 4.28. The Morgan fingerprint density at radius 2 is 1.85 bits per heavy atom. The van der Waals surface area contributed by atoms with E-state index in [2.05, 4.69) is 10.2 Å². The zero-order valence-electron chi connectivity index (χ0n) is 6.81. The Balaban J connectivity index is 2.48. The van der Waals surface area contributed by atoms with E-state index in [-0.39, 0.29) is 0 Å². The maximum absolute atomic E-state index is 5.79. The molecule has 1 aromatic heterocycles. The zero-order chi connectivity index (χ0) is 9.10. The molecule has 0 saturated carbocycles. The van der Waals surface area contributed by atoms with Gasteiger partial charge in [-0.15, -0.1) is 0 Å². The van der Waals surface area contributed by atoms with Crippen molar-refractivity contribution in [2.45, 2.75) is 0 Å². The second kappa shape index (κ2) is 3.54.